The first-order valence-corrected chi connectivity index (χ1v) is 8.38. The highest BCUT2D eigenvalue weighted by Crippen LogP contribution is 2.27. The number of rotatable bonds is 5. The Bertz CT molecular complexity index is 891. The Morgan fingerprint density at radius 1 is 1.08 bits per heavy atom. The second-order valence-electron chi connectivity index (χ2n) is 5.98. The van der Waals surface area contributed by atoms with Crippen LogP contribution >= 0.6 is 0 Å². The lowest BCUT2D eigenvalue weighted by Gasteiger charge is -2.35. The van der Waals surface area contributed by atoms with Gasteiger partial charge in [-0.15, -0.1) is 0 Å². The zero-order valence-corrected chi connectivity index (χ0v) is 14.8. The fourth-order valence-electron chi connectivity index (χ4n) is 3.10. The second-order valence-corrected chi connectivity index (χ2v) is 5.98. The molecule has 2 aromatic heterocycles. The third-order valence-corrected chi connectivity index (χ3v) is 4.42. The average molecular weight is 356 g/mol. The fourth-order valence-corrected chi connectivity index (χ4v) is 3.10. The van der Waals surface area contributed by atoms with Crippen LogP contribution in [0.4, 0.5) is 11.7 Å². The summed E-state index contributed by atoms with van der Waals surface area (Å²) in [5.41, 5.74) is 1.99. The molecule has 1 aliphatic rings. The molecule has 3 aromatic rings. The van der Waals surface area contributed by atoms with Crippen LogP contribution in [0.25, 0.3) is 10.9 Å². The Morgan fingerprint density at radius 3 is 2.65 bits per heavy atom. The van der Waals surface area contributed by atoms with E-state index in [1.54, 1.807) is 14.2 Å². The van der Waals surface area contributed by atoms with E-state index in [1.165, 1.54) is 6.33 Å². The Morgan fingerprint density at radius 2 is 1.88 bits per heavy atom. The molecule has 1 saturated heterocycles. The quantitative estimate of drug-likeness (QED) is 0.674. The summed E-state index contributed by atoms with van der Waals surface area (Å²) >= 11 is 0. The highest BCUT2D eigenvalue weighted by Gasteiger charge is 2.22. The molecular weight excluding hydrogens is 336 g/mol. The van der Waals surface area contributed by atoms with Gasteiger partial charge in [-0.1, -0.05) is 5.16 Å². The van der Waals surface area contributed by atoms with Crippen LogP contribution in [0.15, 0.2) is 29.0 Å². The van der Waals surface area contributed by atoms with E-state index in [4.69, 9.17) is 14.0 Å². The predicted molar refractivity (Wildman–Crippen MR) is 95.5 cm³/mol. The topological polar surface area (TPSA) is 89.6 Å². The molecule has 0 atom stereocenters. The van der Waals surface area contributed by atoms with E-state index in [-0.39, 0.29) is 0 Å². The Hall–Kier alpha value is -2.94. The van der Waals surface area contributed by atoms with Crippen LogP contribution in [0.1, 0.15) is 5.82 Å². The lowest BCUT2D eigenvalue weighted by atomic mass is 10.2. The molecule has 3 heterocycles. The first kappa shape index (κ1) is 16.5. The van der Waals surface area contributed by atoms with E-state index in [9.17, 15) is 0 Å². The van der Waals surface area contributed by atoms with Crippen molar-refractivity contribution in [3.63, 3.8) is 0 Å². The first-order valence-electron chi connectivity index (χ1n) is 8.38. The van der Waals surface area contributed by atoms with Crippen molar-refractivity contribution in [1.29, 1.82) is 0 Å². The van der Waals surface area contributed by atoms with Gasteiger partial charge < -0.3 is 23.8 Å². The standard InChI is InChI=1S/C17H20N6O3/c1-24-10-15-20-17(26-21-15)23-7-5-22(6-8-23)12-3-4-14-13(9-12)16(25-2)19-11-18-14/h3-4,9,11H,5-8,10H2,1-2H3. The van der Waals surface area contributed by atoms with E-state index in [0.717, 1.165) is 42.8 Å². The normalized spacial score (nSPS) is 14.8. The number of hydrogen-bond donors (Lipinski definition) is 0. The number of aromatic nitrogens is 4. The van der Waals surface area contributed by atoms with E-state index < -0.39 is 0 Å². The summed E-state index contributed by atoms with van der Waals surface area (Å²) in [5.74, 6) is 1.15. The van der Waals surface area contributed by atoms with Crippen LogP contribution in [0, 0.1) is 0 Å². The maximum Gasteiger partial charge on any atom is 0.324 e. The van der Waals surface area contributed by atoms with Crippen molar-refractivity contribution < 1.29 is 14.0 Å². The van der Waals surface area contributed by atoms with Gasteiger partial charge in [0.25, 0.3) is 0 Å². The highest BCUT2D eigenvalue weighted by molar-refractivity contribution is 5.86. The SMILES string of the molecule is COCc1noc(N2CCN(c3ccc4ncnc(OC)c4c3)CC2)n1. The first-order chi connectivity index (χ1) is 12.8. The van der Waals surface area contributed by atoms with Crippen molar-refractivity contribution in [1.82, 2.24) is 20.1 Å². The molecule has 9 nitrogen and oxygen atoms in total. The van der Waals surface area contributed by atoms with Crippen molar-refractivity contribution in [2.24, 2.45) is 0 Å². The molecule has 9 heteroatoms. The summed E-state index contributed by atoms with van der Waals surface area (Å²) in [6.45, 7) is 3.65. The molecule has 0 saturated carbocycles. The third-order valence-electron chi connectivity index (χ3n) is 4.42. The van der Waals surface area contributed by atoms with Gasteiger partial charge in [-0.05, 0) is 18.2 Å². The van der Waals surface area contributed by atoms with Gasteiger partial charge in [0.05, 0.1) is 18.0 Å². The summed E-state index contributed by atoms with van der Waals surface area (Å²) in [7, 11) is 3.23. The lowest BCUT2D eigenvalue weighted by molar-refractivity contribution is 0.174. The predicted octanol–water partition coefficient (Wildman–Crippen LogP) is 1.49. The number of piperazine rings is 1. The maximum atomic E-state index is 5.35. The zero-order chi connectivity index (χ0) is 17.9. The summed E-state index contributed by atoms with van der Waals surface area (Å²) in [4.78, 5) is 17.2. The molecule has 0 spiro atoms. The third kappa shape index (κ3) is 3.13. The van der Waals surface area contributed by atoms with Gasteiger partial charge in [0, 0.05) is 39.0 Å². The number of fused-ring (bicyclic) bond motifs is 1. The van der Waals surface area contributed by atoms with Gasteiger partial charge in [0.2, 0.25) is 5.88 Å². The molecule has 26 heavy (non-hydrogen) atoms. The zero-order valence-electron chi connectivity index (χ0n) is 14.8. The monoisotopic (exact) mass is 356 g/mol. The van der Waals surface area contributed by atoms with E-state index in [0.29, 0.717) is 24.3 Å². The van der Waals surface area contributed by atoms with Gasteiger partial charge >= 0.3 is 6.01 Å². The fraction of sp³-hybridized carbons (Fsp3) is 0.412. The Labute approximate surface area is 150 Å². The summed E-state index contributed by atoms with van der Waals surface area (Å²) in [5, 5.41) is 4.83. The van der Waals surface area contributed by atoms with Crippen molar-refractivity contribution in [3.05, 3.63) is 30.4 Å². The molecule has 1 fully saturated rings. The minimum absolute atomic E-state index is 0.352. The van der Waals surface area contributed by atoms with E-state index in [2.05, 4.69) is 42.0 Å². The van der Waals surface area contributed by atoms with Crippen molar-refractivity contribution in [2.75, 3.05) is 50.2 Å². The molecule has 1 aromatic carbocycles. The van der Waals surface area contributed by atoms with Crippen LogP contribution in [0.5, 0.6) is 5.88 Å². The molecule has 1 aliphatic heterocycles. The molecule has 0 radical (unpaired) electrons. The number of ether oxygens (including phenoxy) is 2. The molecule has 4 rings (SSSR count). The minimum atomic E-state index is 0.352. The van der Waals surface area contributed by atoms with E-state index >= 15 is 0 Å². The average Bonchev–Trinajstić information content (AvgIpc) is 3.16. The van der Waals surface area contributed by atoms with Crippen LogP contribution < -0.4 is 14.5 Å². The number of anilines is 2. The number of nitrogens with zero attached hydrogens (tertiary/aromatic N) is 6. The Kier molecular flexibility index (Phi) is 4.53. The molecular formula is C17H20N6O3. The summed E-state index contributed by atoms with van der Waals surface area (Å²) in [6.07, 6.45) is 1.52. The maximum absolute atomic E-state index is 5.35. The number of benzene rings is 1. The van der Waals surface area contributed by atoms with Crippen LogP contribution in [-0.2, 0) is 11.3 Å². The highest BCUT2D eigenvalue weighted by atomic mass is 16.5. The number of methoxy groups -OCH3 is 2. The molecule has 0 unspecified atom stereocenters. The van der Waals surface area contributed by atoms with Crippen molar-refractivity contribution >= 4 is 22.6 Å². The second kappa shape index (κ2) is 7.12. The van der Waals surface area contributed by atoms with Gasteiger partial charge in [0.1, 0.15) is 12.9 Å². The lowest BCUT2D eigenvalue weighted by Crippen LogP contribution is -2.46. The van der Waals surface area contributed by atoms with Crippen molar-refractivity contribution in [2.45, 2.75) is 6.61 Å². The van der Waals surface area contributed by atoms with Crippen LogP contribution in [0.3, 0.4) is 0 Å². The Balaban J connectivity index is 1.48. The number of hydrogen-bond acceptors (Lipinski definition) is 9. The van der Waals surface area contributed by atoms with E-state index in [1.807, 2.05) is 6.07 Å². The van der Waals surface area contributed by atoms with Gasteiger partial charge in [0.15, 0.2) is 5.82 Å². The summed E-state index contributed by atoms with van der Waals surface area (Å²) < 4.78 is 15.7. The smallest absolute Gasteiger partial charge is 0.324 e. The van der Waals surface area contributed by atoms with Crippen LogP contribution in [0.2, 0.25) is 0 Å². The molecule has 0 bridgehead atoms. The largest absolute Gasteiger partial charge is 0.480 e. The van der Waals surface area contributed by atoms with Crippen LogP contribution in [-0.4, -0.2) is 60.5 Å². The van der Waals surface area contributed by atoms with Gasteiger partial charge in [-0.25, -0.2) is 9.97 Å². The van der Waals surface area contributed by atoms with Crippen molar-refractivity contribution in [3.8, 4) is 5.88 Å². The molecule has 0 N–H and O–H groups in total. The summed E-state index contributed by atoms with van der Waals surface area (Å²) in [6, 6.07) is 6.70. The van der Waals surface area contributed by atoms with Gasteiger partial charge in [-0.2, -0.15) is 4.98 Å². The van der Waals surface area contributed by atoms with Gasteiger partial charge in [-0.3, -0.25) is 0 Å². The molecule has 0 amide bonds. The minimum Gasteiger partial charge on any atom is -0.480 e. The molecule has 0 aliphatic carbocycles. The molecule has 136 valence electrons.